The molecular weight excluding hydrogens is 345 g/mol. The molecule has 160 valence electrons. The summed E-state index contributed by atoms with van der Waals surface area (Å²) in [6, 6.07) is 0. The van der Waals surface area contributed by atoms with Crippen LogP contribution in [-0.2, 0) is 0 Å². The summed E-state index contributed by atoms with van der Waals surface area (Å²) in [6.45, 7) is 4.40. The first-order chi connectivity index (χ1) is 12.9. The van der Waals surface area contributed by atoms with Crippen molar-refractivity contribution in [3.8, 4) is 0 Å². The van der Waals surface area contributed by atoms with Crippen LogP contribution in [0.25, 0.3) is 0 Å². The lowest BCUT2D eigenvalue weighted by Crippen LogP contribution is -2.42. The standard InChI is InChI=1S/C24H43F3/c1-3-5-7-8-9-17-23(24(25,26)27)18-15-22(16-19-23)21-13-11-20(12-14-21)10-6-4-2/h20-22H,3-19H2,1-2H3/t20?,21?,22-,23+. The van der Waals surface area contributed by atoms with E-state index in [1.807, 2.05) is 0 Å². The number of hydrogen-bond acceptors (Lipinski definition) is 0. The lowest BCUT2D eigenvalue weighted by atomic mass is 9.62. The van der Waals surface area contributed by atoms with Crippen molar-refractivity contribution in [2.24, 2.45) is 23.2 Å². The Bertz CT molecular complexity index is 385. The van der Waals surface area contributed by atoms with E-state index in [1.54, 1.807) is 0 Å². The van der Waals surface area contributed by atoms with Crippen molar-refractivity contribution < 1.29 is 13.2 Å². The zero-order valence-corrected chi connectivity index (χ0v) is 17.9. The van der Waals surface area contributed by atoms with Gasteiger partial charge in [0.25, 0.3) is 0 Å². The molecule has 2 rings (SSSR count). The average molecular weight is 389 g/mol. The molecule has 0 amide bonds. The van der Waals surface area contributed by atoms with Crippen LogP contribution in [0, 0.1) is 23.2 Å². The normalized spacial score (nSPS) is 32.6. The average Bonchev–Trinajstić information content (AvgIpc) is 2.66. The van der Waals surface area contributed by atoms with Crippen LogP contribution in [0.15, 0.2) is 0 Å². The van der Waals surface area contributed by atoms with E-state index in [0.717, 1.165) is 50.9 Å². The van der Waals surface area contributed by atoms with E-state index in [2.05, 4.69) is 13.8 Å². The van der Waals surface area contributed by atoms with Gasteiger partial charge < -0.3 is 0 Å². The maximum Gasteiger partial charge on any atom is 0.394 e. The van der Waals surface area contributed by atoms with Gasteiger partial charge in [0, 0.05) is 0 Å². The molecule has 0 bridgehead atoms. The Hall–Kier alpha value is -0.210. The number of hydrogen-bond donors (Lipinski definition) is 0. The third kappa shape index (κ3) is 6.67. The number of unbranched alkanes of at least 4 members (excludes halogenated alkanes) is 5. The van der Waals surface area contributed by atoms with Crippen LogP contribution in [0.5, 0.6) is 0 Å². The second-order valence-electron chi connectivity index (χ2n) is 9.70. The Morgan fingerprint density at radius 3 is 1.81 bits per heavy atom. The van der Waals surface area contributed by atoms with Gasteiger partial charge >= 0.3 is 6.18 Å². The Kier molecular flexibility index (Phi) is 9.48. The molecule has 0 atom stereocenters. The van der Waals surface area contributed by atoms with Crippen LogP contribution < -0.4 is 0 Å². The fraction of sp³-hybridized carbons (Fsp3) is 1.00. The number of rotatable bonds is 10. The van der Waals surface area contributed by atoms with Gasteiger partial charge in [-0.25, -0.2) is 0 Å². The molecule has 0 aliphatic heterocycles. The highest BCUT2D eigenvalue weighted by Gasteiger charge is 2.55. The van der Waals surface area contributed by atoms with Crippen molar-refractivity contribution in [3.05, 3.63) is 0 Å². The minimum Gasteiger partial charge on any atom is -0.171 e. The van der Waals surface area contributed by atoms with Crippen molar-refractivity contribution in [2.45, 2.75) is 129 Å². The maximum atomic E-state index is 13.9. The first kappa shape index (κ1) is 23.1. The summed E-state index contributed by atoms with van der Waals surface area (Å²) in [6.07, 6.45) is 13.1. The highest BCUT2D eigenvalue weighted by molar-refractivity contribution is 4.93. The second-order valence-corrected chi connectivity index (χ2v) is 9.70. The van der Waals surface area contributed by atoms with Gasteiger partial charge in [-0.05, 0) is 62.7 Å². The predicted molar refractivity (Wildman–Crippen MR) is 109 cm³/mol. The van der Waals surface area contributed by atoms with Crippen LogP contribution in [0.1, 0.15) is 123 Å². The van der Waals surface area contributed by atoms with Crippen molar-refractivity contribution in [1.29, 1.82) is 0 Å². The largest absolute Gasteiger partial charge is 0.394 e. The molecule has 0 spiro atoms. The van der Waals surface area contributed by atoms with E-state index < -0.39 is 11.6 Å². The first-order valence-electron chi connectivity index (χ1n) is 12.0. The van der Waals surface area contributed by atoms with Crippen LogP contribution in [0.4, 0.5) is 13.2 Å². The summed E-state index contributed by atoms with van der Waals surface area (Å²) < 4.78 is 41.7. The Balaban J connectivity index is 1.80. The van der Waals surface area contributed by atoms with Crippen LogP contribution in [0.3, 0.4) is 0 Å². The minimum absolute atomic E-state index is 0.372. The van der Waals surface area contributed by atoms with E-state index in [0.29, 0.717) is 31.1 Å². The zero-order chi connectivity index (χ0) is 19.8. The molecule has 2 fully saturated rings. The summed E-state index contributed by atoms with van der Waals surface area (Å²) in [4.78, 5) is 0. The highest BCUT2D eigenvalue weighted by atomic mass is 19.4. The molecule has 0 aromatic rings. The van der Waals surface area contributed by atoms with Gasteiger partial charge in [-0.15, -0.1) is 0 Å². The highest BCUT2D eigenvalue weighted by Crippen LogP contribution is 2.55. The van der Waals surface area contributed by atoms with Gasteiger partial charge in [0.2, 0.25) is 0 Å². The maximum absolute atomic E-state index is 13.9. The van der Waals surface area contributed by atoms with Crippen LogP contribution >= 0.6 is 0 Å². The SMILES string of the molecule is CCCCCCC[C@]1(C(F)(F)F)CC[C@@H](C2CCC(CCCC)CC2)CC1. The summed E-state index contributed by atoms with van der Waals surface area (Å²) in [5, 5.41) is 0. The van der Waals surface area contributed by atoms with Crippen LogP contribution in [-0.4, -0.2) is 6.18 Å². The van der Waals surface area contributed by atoms with Gasteiger partial charge in [-0.3, -0.25) is 0 Å². The second kappa shape index (κ2) is 11.1. The Morgan fingerprint density at radius 1 is 0.704 bits per heavy atom. The molecule has 0 aromatic carbocycles. The smallest absolute Gasteiger partial charge is 0.171 e. The van der Waals surface area contributed by atoms with Gasteiger partial charge in [0.15, 0.2) is 0 Å². The monoisotopic (exact) mass is 388 g/mol. The fourth-order valence-electron chi connectivity index (χ4n) is 5.85. The molecule has 0 N–H and O–H groups in total. The topological polar surface area (TPSA) is 0 Å². The van der Waals surface area contributed by atoms with Gasteiger partial charge in [-0.1, -0.05) is 78.1 Å². The van der Waals surface area contributed by atoms with E-state index in [-0.39, 0.29) is 0 Å². The van der Waals surface area contributed by atoms with E-state index in [4.69, 9.17) is 0 Å². The van der Waals surface area contributed by atoms with Crippen molar-refractivity contribution in [1.82, 2.24) is 0 Å². The third-order valence-electron chi connectivity index (χ3n) is 7.87. The molecule has 2 aliphatic carbocycles. The molecule has 0 aromatic heterocycles. The summed E-state index contributed by atoms with van der Waals surface area (Å²) in [5.74, 6) is 2.16. The van der Waals surface area contributed by atoms with E-state index in [9.17, 15) is 13.2 Å². The molecule has 0 unspecified atom stereocenters. The molecule has 2 saturated carbocycles. The first-order valence-corrected chi connectivity index (χ1v) is 12.0. The number of alkyl halides is 3. The third-order valence-corrected chi connectivity index (χ3v) is 7.87. The summed E-state index contributed by atoms with van der Waals surface area (Å²) in [5.41, 5.74) is -1.37. The quantitative estimate of drug-likeness (QED) is 0.327. The number of halogens is 3. The lowest BCUT2D eigenvalue weighted by molar-refractivity contribution is -0.241. The summed E-state index contributed by atoms with van der Waals surface area (Å²) >= 11 is 0. The van der Waals surface area contributed by atoms with Gasteiger partial charge in [0.1, 0.15) is 0 Å². The molecule has 27 heavy (non-hydrogen) atoms. The van der Waals surface area contributed by atoms with Gasteiger partial charge in [-0.2, -0.15) is 13.2 Å². The lowest BCUT2D eigenvalue weighted by Gasteiger charge is -2.44. The van der Waals surface area contributed by atoms with Crippen molar-refractivity contribution in [3.63, 3.8) is 0 Å². The van der Waals surface area contributed by atoms with E-state index in [1.165, 1.54) is 44.9 Å². The van der Waals surface area contributed by atoms with Gasteiger partial charge in [0.05, 0.1) is 5.41 Å². The Morgan fingerprint density at radius 2 is 1.26 bits per heavy atom. The predicted octanol–water partition coefficient (Wildman–Crippen LogP) is 9.08. The molecule has 0 nitrogen and oxygen atoms in total. The van der Waals surface area contributed by atoms with Crippen LogP contribution in [0.2, 0.25) is 0 Å². The molecule has 3 heteroatoms. The molecule has 0 saturated heterocycles. The summed E-state index contributed by atoms with van der Waals surface area (Å²) in [7, 11) is 0. The fourth-order valence-corrected chi connectivity index (χ4v) is 5.85. The molecule has 0 radical (unpaired) electrons. The van der Waals surface area contributed by atoms with Crippen molar-refractivity contribution >= 4 is 0 Å². The molecular formula is C24H43F3. The molecule has 0 heterocycles. The minimum atomic E-state index is -4.01. The zero-order valence-electron chi connectivity index (χ0n) is 17.9. The van der Waals surface area contributed by atoms with E-state index >= 15 is 0 Å². The van der Waals surface area contributed by atoms with Crippen molar-refractivity contribution in [2.75, 3.05) is 0 Å². The Labute approximate surface area is 166 Å². The molecule has 2 aliphatic rings.